The molecule has 0 saturated carbocycles. The normalized spacial score (nSPS) is 12.0. The molecule has 0 bridgehead atoms. The van der Waals surface area contributed by atoms with Gasteiger partial charge in [-0.2, -0.15) is 0 Å². The first-order valence-corrected chi connectivity index (χ1v) is 4.29. The first-order chi connectivity index (χ1) is 3.68. The summed E-state index contributed by atoms with van der Waals surface area (Å²) in [5, 5.41) is 8.80. The van der Waals surface area contributed by atoms with Crippen LogP contribution < -0.4 is 0 Å². The van der Waals surface area contributed by atoms with Crippen molar-refractivity contribution in [2.45, 2.75) is 30.9 Å². The van der Waals surface area contributed by atoms with Crippen LogP contribution in [0.25, 0.3) is 0 Å². The van der Waals surface area contributed by atoms with E-state index in [0.717, 1.165) is 12.8 Å². The van der Waals surface area contributed by atoms with Gasteiger partial charge in [-0.05, 0) is 0 Å². The van der Waals surface area contributed by atoms with E-state index in [1.54, 1.807) is 16.9 Å². The van der Waals surface area contributed by atoms with Gasteiger partial charge in [-0.3, -0.25) is 0 Å². The number of hydrogen-bond donors (Lipinski definition) is 1. The first-order valence-electron chi connectivity index (χ1n) is 3.08. The van der Waals surface area contributed by atoms with Gasteiger partial charge in [0.05, 0.1) is 0 Å². The predicted octanol–water partition coefficient (Wildman–Crippen LogP) is 0.591. The molecule has 8 heavy (non-hydrogen) atoms. The Labute approximate surface area is 60.0 Å². The van der Waals surface area contributed by atoms with Gasteiger partial charge < -0.3 is 0 Å². The molecular weight excluding hydrogens is 163 g/mol. The van der Waals surface area contributed by atoms with Gasteiger partial charge >= 0.3 is 59.5 Å². The van der Waals surface area contributed by atoms with Crippen LogP contribution in [0.3, 0.4) is 0 Å². The van der Waals surface area contributed by atoms with Crippen molar-refractivity contribution < 1.29 is 5.11 Å². The molecular formula is C6H15AsO. The minimum atomic E-state index is 0.243. The standard InChI is InChI=1S/C6H15AsO/c1-3-6(7,4-2)5-8/h8H,3-5,7H2,1-2H3. The third kappa shape index (κ3) is 2.19. The average molecular weight is 178 g/mol. The number of rotatable bonds is 3. The molecule has 0 aromatic heterocycles. The van der Waals surface area contributed by atoms with E-state index < -0.39 is 0 Å². The van der Waals surface area contributed by atoms with Gasteiger partial charge in [0, 0.05) is 0 Å². The van der Waals surface area contributed by atoms with Gasteiger partial charge in [-0.15, -0.1) is 0 Å². The molecule has 0 aliphatic carbocycles. The molecule has 0 spiro atoms. The second-order valence-corrected chi connectivity index (χ2v) is 4.80. The molecule has 0 aromatic rings. The SMILES string of the molecule is CCC([AsH2])(CC)CO. The van der Waals surface area contributed by atoms with Gasteiger partial charge in [0.25, 0.3) is 0 Å². The molecule has 1 atom stereocenters. The van der Waals surface area contributed by atoms with Gasteiger partial charge in [0.2, 0.25) is 0 Å². The molecule has 1 N–H and O–H groups in total. The fourth-order valence-corrected chi connectivity index (χ4v) is 0.474. The molecule has 0 aromatic carbocycles. The number of aliphatic hydroxyl groups excluding tert-OH is 1. The van der Waals surface area contributed by atoms with Crippen LogP contribution in [-0.2, 0) is 0 Å². The Kier molecular flexibility index (Phi) is 3.75. The Hall–Kier alpha value is 0.518. The number of hydrogen-bond acceptors (Lipinski definition) is 1. The van der Waals surface area contributed by atoms with E-state index in [9.17, 15) is 0 Å². The van der Waals surface area contributed by atoms with Crippen LogP contribution in [0.4, 0.5) is 0 Å². The van der Waals surface area contributed by atoms with E-state index in [-0.39, 0.29) is 4.20 Å². The summed E-state index contributed by atoms with van der Waals surface area (Å²) >= 11 is 1.66. The minimum absolute atomic E-state index is 0.243. The Balaban J connectivity index is 3.58. The van der Waals surface area contributed by atoms with E-state index in [1.165, 1.54) is 0 Å². The van der Waals surface area contributed by atoms with Crippen molar-refractivity contribution in [1.29, 1.82) is 0 Å². The fourth-order valence-electron chi connectivity index (χ4n) is 0.474. The van der Waals surface area contributed by atoms with Crippen molar-refractivity contribution in [2.24, 2.45) is 0 Å². The van der Waals surface area contributed by atoms with E-state index in [1.807, 2.05) is 0 Å². The summed E-state index contributed by atoms with van der Waals surface area (Å²) < 4.78 is 0.243. The average Bonchev–Trinajstić information content (AvgIpc) is 1.87. The third-order valence-electron chi connectivity index (χ3n) is 1.72. The molecule has 0 radical (unpaired) electrons. The van der Waals surface area contributed by atoms with Crippen LogP contribution in [0.2, 0.25) is 4.20 Å². The zero-order valence-electron chi connectivity index (χ0n) is 5.65. The van der Waals surface area contributed by atoms with Crippen molar-refractivity contribution in [3.05, 3.63) is 0 Å². The summed E-state index contributed by atoms with van der Waals surface area (Å²) in [6.45, 7) is 4.60. The van der Waals surface area contributed by atoms with Gasteiger partial charge in [0.1, 0.15) is 0 Å². The Bertz CT molecular complexity index is 51.3. The monoisotopic (exact) mass is 178 g/mol. The van der Waals surface area contributed by atoms with Crippen LogP contribution >= 0.6 is 0 Å². The summed E-state index contributed by atoms with van der Waals surface area (Å²) in [6, 6.07) is 0. The second-order valence-electron chi connectivity index (χ2n) is 2.23. The summed E-state index contributed by atoms with van der Waals surface area (Å²) in [7, 11) is 0. The van der Waals surface area contributed by atoms with E-state index in [2.05, 4.69) is 13.8 Å². The third-order valence-corrected chi connectivity index (χ3v) is 3.82. The van der Waals surface area contributed by atoms with Crippen molar-refractivity contribution in [3.8, 4) is 0 Å². The molecule has 0 heterocycles. The summed E-state index contributed by atoms with van der Waals surface area (Å²) in [5.41, 5.74) is 0. The first kappa shape index (κ1) is 8.52. The topological polar surface area (TPSA) is 20.2 Å². The van der Waals surface area contributed by atoms with Crippen molar-refractivity contribution in [1.82, 2.24) is 0 Å². The molecule has 0 aliphatic rings. The molecule has 0 saturated heterocycles. The second kappa shape index (κ2) is 3.53. The maximum absolute atomic E-state index is 8.80. The zero-order valence-corrected chi connectivity index (χ0v) is 8.07. The van der Waals surface area contributed by atoms with Gasteiger partial charge in [0.15, 0.2) is 0 Å². The summed E-state index contributed by atoms with van der Waals surface area (Å²) in [4.78, 5) is 0. The van der Waals surface area contributed by atoms with E-state index >= 15 is 0 Å². The Morgan fingerprint density at radius 2 is 1.75 bits per heavy atom. The quantitative estimate of drug-likeness (QED) is 0.627. The fraction of sp³-hybridized carbons (Fsp3) is 1.00. The Morgan fingerprint density at radius 3 is 1.75 bits per heavy atom. The zero-order chi connectivity index (χ0) is 6.62. The van der Waals surface area contributed by atoms with Gasteiger partial charge in [-0.1, -0.05) is 0 Å². The molecule has 1 nitrogen and oxygen atoms in total. The summed E-state index contributed by atoms with van der Waals surface area (Å²) in [6.07, 6.45) is 2.19. The van der Waals surface area contributed by atoms with Crippen LogP contribution in [0.5, 0.6) is 0 Å². The molecule has 0 fully saturated rings. The van der Waals surface area contributed by atoms with Crippen LogP contribution in [0, 0.1) is 0 Å². The molecule has 50 valence electrons. The predicted molar refractivity (Wildman–Crippen MR) is 38.9 cm³/mol. The van der Waals surface area contributed by atoms with Crippen LogP contribution in [-0.4, -0.2) is 28.6 Å². The van der Waals surface area contributed by atoms with E-state index in [0.29, 0.717) is 6.61 Å². The molecule has 0 rings (SSSR count). The molecule has 0 amide bonds. The van der Waals surface area contributed by atoms with E-state index in [4.69, 9.17) is 5.11 Å². The molecule has 2 heteroatoms. The molecule has 1 unspecified atom stereocenters. The summed E-state index contributed by atoms with van der Waals surface area (Å²) in [5.74, 6) is 0. The number of aliphatic hydroxyl groups is 1. The molecule has 0 aliphatic heterocycles. The van der Waals surface area contributed by atoms with Crippen LogP contribution in [0.1, 0.15) is 26.7 Å². The van der Waals surface area contributed by atoms with Gasteiger partial charge in [-0.25, -0.2) is 0 Å². The van der Waals surface area contributed by atoms with Crippen molar-refractivity contribution in [3.63, 3.8) is 0 Å². The van der Waals surface area contributed by atoms with Crippen molar-refractivity contribution >= 4 is 16.9 Å². The maximum atomic E-state index is 8.80. The van der Waals surface area contributed by atoms with Crippen molar-refractivity contribution in [2.75, 3.05) is 6.61 Å². The van der Waals surface area contributed by atoms with Crippen LogP contribution in [0.15, 0.2) is 0 Å². The Morgan fingerprint density at radius 1 is 1.38 bits per heavy atom.